The molecule has 0 unspecified atom stereocenters. The van der Waals surface area contributed by atoms with Crippen molar-refractivity contribution in [3.8, 4) is 0 Å². The number of pyridine rings is 1. The minimum absolute atomic E-state index is 0.0322. The lowest BCUT2D eigenvalue weighted by Gasteiger charge is -2.30. The maximum atomic E-state index is 12.5. The van der Waals surface area contributed by atoms with Crippen LogP contribution >= 0.6 is 0 Å². The number of fused-ring (bicyclic) bond motifs is 1. The van der Waals surface area contributed by atoms with Crippen LogP contribution in [-0.2, 0) is 9.53 Å². The number of carbonyl (C=O) groups is 2. The van der Waals surface area contributed by atoms with E-state index in [0.29, 0.717) is 29.8 Å². The summed E-state index contributed by atoms with van der Waals surface area (Å²) in [6, 6.07) is 14.5. The van der Waals surface area contributed by atoms with Crippen molar-refractivity contribution >= 4 is 34.1 Å². The fraction of sp³-hybridized carbons (Fsp3) is 0.227. The van der Waals surface area contributed by atoms with Crippen LogP contribution in [-0.4, -0.2) is 49.6 Å². The van der Waals surface area contributed by atoms with Gasteiger partial charge in [-0.3, -0.25) is 14.4 Å². The van der Waals surface area contributed by atoms with Crippen LogP contribution in [0.2, 0.25) is 0 Å². The lowest BCUT2D eigenvalue weighted by atomic mass is 10.1. The molecule has 30 heavy (non-hydrogen) atoms. The van der Waals surface area contributed by atoms with Gasteiger partial charge in [-0.2, -0.15) is 0 Å². The van der Waals surface area contributed by atoms with Gasteiger partial charge in [-0.1, -0.05) is 24.3 Å². The summed E-state index contributed by atoms with van der Waals surface area (Å²) in [7, 11) is 0. The van der Waals surface area contributed by atoms with E-state index >= 15 is 0 Å². The summed E-state index contributed by atoms with van der Waals surface area (Å²) in [5.74, 6) is -0.972. The van der Waals surface area contributed by atoms with E-state index in [2.05, 4.69) is 20.5 Å². The first kappa shape index (κ1) is 19.7. The third-order valence-corrected chi connectivity index (χ3v) is 4.97. The molecule has 3 N–H and O–H groups in total. The zero-order valence-corrected chi connectivity index (χ0v) is 16.3. The van der Waals surface area contributed by atoms with Gasteiger partial charge in [-0.15, -0.1) is 0 Å². The first-order chi connectivity index (χ1) is 14.6. The smallest absolute Gasteiger partial charge is 0.257 e. The monoisotopic (exact) mass is 406 g/mol. The van der Waals surface area contributed by atoms with Crippen LogP contribution in [0.3, 0.4) is 0 Å². The normalized spacial score (nSPS) is 13.8. The highest BCUT2D eigenvalue weighted by molar-refractivity contribution is 6.01. The van der Waals surface area contributed by atoms with Crippen molar-refractivity contribution in [2.24, 2.45) is 0 Å². The van der Waals surface area contributed by atoms with Crippen molar-refractivity contribution < 1.29 is 14.3 Å². The Labute approximate surface area is 172 Å². The summed E-state index contributed by atoms with van der Waals surface area (Å²) in [6.07, 6.45) is 1.37. The van der Waals surface area contributed by atoms with Crippen molar-refractivity contribution in [2.75, 3.05) is 43.1 Å². The number of morpholine rings is 1. The van der Waals surface area contributed by atoms with E-state index in [-0.39, 0.29) is 23.4 Å². The molecular weight excluding hydrogens is 384 g/mol. The van der Waals surface area contributed by atoms with Crippen LogP contribution in [0.25, 0.3) is 10.9 Å². The zero-order valence-electron chi connectivity index (χ0n) is 16.3. The third-order valence-electron chi connectivity index (χ3n) is 4.97. The average molecular weight is 406 g/mol. The minimum Gasteiger partial charge on any atom is -0.378 e. The van der Waals surface area contributed by atoms with Crippen molar-refractivity contribution in [1.29, 1.82) is 0 Å². The van der Waals surface area contributed by atoms with Gasteiger partial charge >= 0.3 is 0 Å². The molecule has 0 aliphatic carbocycles. The van der Waals surface area contributed by atoms with Crippen molar-refractivity contribution in [3.05, 3.63) is 70.5 Å². The van der Waals surface area contributed by atoms with Gasteiger partial charge in [0, 0.05) is 30.2 Å². The predicted octanol–water partition coefficient (Wildman–Crippen LogP) is 1.73. The Bertz CT molecular complexity index is 1140. The van der Waals surface area contributed by atoms with Gasteiger partial charge in [-0.25, -0.2) is 0 Å². The predicted molar refractivity (Wildman–Crippen MR) is 115 cm³/mol. The molecule has 1 saturated heterocycles. The number of nitrogens with zero attached hydrogens (tertiary/aromatic N) is 1. The molecule has 8 heteroatoms. The molecule has 4 rings (SSSR count). The van der Waals surface area contributed by atoms with Gasteiger partial charge in [0.2, 0.25) is 11.3 Å². The molecule has 8 nitrogen and oxygen atoms in total. The van der Waals surface area contributed by atoms with Crippen molar-refractivity contribution in [1.82, 2.24) is 10.3 Å². The summed E-state index contributed by atoms with van der Waals surface area (Å²) in [5.41, 5.74) is 1.82. The number of aromatic amines is 1. The highest BCUT2D eigenvalue weighted by atomic mass is 16.5. The van der Waals surface area contributed by atoms with E-state index < -0.39 is 5.91 Å². The second-order valence-corrected chi connectivity index (χ2v) is 6.92. The molecule has 0 bridgehead atoms. The van der Waals surface area contributed by atoms with E-state index in [1.807, 2.05) is 24.3 Å². The van der Waals surface area contributed by atoms with Crippen LogP contribution in [0.15, 0.2) is 59.5 Å². The molecule has 1 aliphatic heterocycles. The minimum atomic E-state index is -0.599. The lowest BCUT2D eigenvalue weighted by Crippen LogP contribution is -2.38. The Balaban J connectivity index is 1.42. The number of hydrogen-bond donors (Lipinski definition) is 3. The Hall–Kier alpha value is -3.65. The molecule has 1 aromatic heterocycles. The van der Waals surface area contributed by atoms with E-state index in [0.717, 1.165) is 18.8 Å². The number of nitrogens with one attached hydrogen (secondary N) is 3. The van der Waals surface area contributed by atoms with Gasteiger partial charge in [-0.05, 0) is 24.3 Å². The van der Waals surface area contributed by atoms with Crippen LogP contribution in [0, 0.1) is 0 Å². The van der Waals surface area contributed by atoms with E-state index in [4.69, 9.17) is 4.74 Å². The number of amides is 2. The van der Waals surface area contributed by atoms with E-state index in [1.165, 1.54) is 6.20 Å². The lowest BCUT2D eigenvalue weighted by molar-refractivity contribution is -0.115. The number of H-pyrrole nitrogens is 1. The summed E-state index contributed by atoms with van der Waals surface area (Å²) < 4.78 is 5.38. The maximum absolute atomic E-state index is 12.5. The van der Waals surface area contributed by atoms with Gasteiger partial charge in [0.1, 0.15) is 5.56 Å². The van der Waals surface area contributed by atoms with Crippen LogP contribution in [0.4, 0.5) is 11.4 Å². The zero-order chi connectivity index (χ0) is 20.9. The number of benzene rings is 2. The summed E-state index contributed by atoms with van der Waals surface area (Å²) in [6.45, 7) is 2.52. The maximum Gasteiger partial charge on any atom is 0.257 e. The average Bonchev–Trinajstić information content (AvgIpc) is 2.79. The fourth-order valence-electron chi connectivity index (χ4n) is 3.45. The van der Waals surface area contributed by atoms with Crippen LogP contribution < -0.4 is 21.0 Å². The molecule has 154 valence electrons. The molecule has 2 heterocycles. The summed E-state index contributed by atoms with van der Waals surface area (Å²) in [4.78, 5) is 42.5. The third kappa shape index (κ3) is 4.18. The molecular formula is C22H22N4O4. The highest BCUT2D eigenvalue weighted by Crippen LogP contribution is 2.26. The summed E-state index contributed by atoms with van der Waals surface area (Å²) in [5, 5.41) is 5.78. The van der Waals surface area contributed by atoms with E-state index in [9.17, 15) is 14.4 Å². The second kappa shape index (κ2) is 8.79. The Kier molecular flexibility index (Phi) is 5.76. The van der Waals surface area contributed by atoms with Crippen molar-refractivity contribution in [2.45, 2.75) is 0 Å². The molecule has 1 aliphatic rings. The standard InChI is InChI=1S/C22H22N4O4/c27-20(25-18-7-3-4-8-19(18)26-9-11-30-12-10-26)14-24-22(29)16-13-23-17-6-2-1-5-15(17)21(16)28/h1-8,13H,9-12,14H2,(H,23,28)(H,24,29)(H,25,27). The van der Waals surface area contributed by atoms with Gasteiger partial charge in [0.05, 0.1) is 31.1 Å². The van der Waals surface area contributed by atoms with Crippen LogP contribution in [0.1, 0.15) is 10.4 Å². The fourth-order valence-corrected chi connectivity index (χ4v) is 3.45. The van der Waals surface area contributed by atoms with Crippen LogP contribution in [0.5, 0.6) is 0 Å². The molecule has 0 saturated carbocycles. The largest absolute Gasteiger partial charge is 0.378 e. The molecule has 0 spiro atoms. The number of para-hydroxylation sites is 3. The Morgan fingerprint density at radius 2 is 1.77 bits per heavy atom. The second-order valence-electron chi connectivity index (χ2n) is 6.92. The molecule has 0 atom stereocenters. The van der Waals surface area contributed by atoms with E-state index in [1.54, 1.807) is 24.3 Å². The quantitative estimate of drug-likeness (QED) is 0.599. The Morgan fingerprint density at radius 1 is 1.03 bits per heavy atom. The number of ether oxygens (including phenoxy) is 1. The number of aromatic nitrogens is 1. The number of hydrogen-bond acceptors (Lipinski definition) is 5. The SMILES string of the molecule is O=C(CNC(=O)c1c[nH]c2ccccc2c1=O)Nc1ccccc1N1CCOCC1. The highest BCUT2D eigenvalue weighted by Gasteiger charge is 2.17. The number of rotatable bonds is 5. The number of carbonyl (C=O) groups excluding carboxylic acids is 2. The van der Waals surface area contributed by atoms with Gasteiger partial charge < -0.3 is 25.3 Å². The van der Waals surface area contributed by atoms with Gasteiger partial charge in [0.25, 0.3) is 5.91 Å². The Morgan fingerprint density at radius 3 is 2.60 bits per heavy atom. The molecule has 2 amide bonds. The first-order valence-electron chi connectivity index (χ1n) is 9.73. The molecule has 2 aromatic carbocycles. The summed E-state index contributed by atoms with van der Waals surface area (Å²) >= 11 is 0. The van der Waals surface area contributed by atoms with Gasteiger partial charge in [0.15, 0.2) is 0 Å². The first-order valence-corrected chi connectivity index (χ1v) is 9.73. The molecule has 1 fully saturated rings. The molecule has 3 aromatic rings. The number of anilines is 2. The molecule has 0 radical (unpaired) electrons. The topological polar surface area (TPSA) is 104 Å². The van der Waals surface area contributed by atoms with Crippen molar-refractivity contribution in [3.63, 3.8) is 0 Å².